The van der Waals surface area contributed by atoms with Gasteiger partial charge >= 0.3 is 0 Å². The second kappa shape index (κ2) is 9.32. The Morgan fingerprint density at radius 1 is 1.14 bits per heavy atom. The number of carbonyl (C=O) groups is 1. The summed E-state index contributed by atoms with van der Waals surface area (Å²) < 4.78 is 7.48. The highest BCUT2D eigenvalue weighted by atomic mass is 35.5. The summed E-state index contributed by atoms with van der Waals surface area (Å²) in [5.74, 6) is 1.27. The second-order valence-electron chi connectivity index (χ2n) is 5.93. The largest absolute Gasteiger partial charge is 0.484 e. The van der Waals surface area contributed by atoms with Gasteiger partial charge in [0.05, 0.1) is 10.8 Å². The molecular weight excluding hydrogens is 419 g/mol. The number of nitrogens with one attached hydrogen (secondary N) is 1. The van der Waals surface area contributed by atoms with Gasteiger partial charge in [0.2, 0.25) is 5.91 Å². The predicted octanol–water partition coefficient (Wildman–Crippen LogP) is 4.74. The number of benzene rings is 2. The quantitative estimate of drug-likeness (QED) is 0.541. The molecular formula is C19H18Cl2N4O2S. The van der Waals surface area contributed by atoms with E-state index in [-0.39, 0.29) is 18.3 Å². The van der Waals surface area contributed by atoms with Gasteiger partial charge in [-0.05, 0) is 36.8 Å². The van der Waals surface area contributed by atoms with Crippen molar-refractivity contribution in [3.05, 3.63) is 63.9 Å². The molecule has 0 radical (unpaired) electrons. The van der Waals surface area contributed by atoms with E-state index in [0.717, 1.165) is 5.56 Å². The standard InChI is InChI=1S/C19H18Cl2N4O2S/c1-12-13(20)7-5-8-15(12)22-18(26)11-28-19-24-23-17(25(19)2)10-27-16-9-4-3-6-14(16)21/h3-9H,10-11H2,1-2H3,(H,22,26). The van der Waals surface area contributed by atoms with Crippen LogP contribution in [0, 0.1) is 6.92 Å². The molecule has 1 amide bonds. The van der Waals surface area contributed by atoms with E-state index < -0.39 is 0 Å². The molecule has 3 rings (SSSR count). The molecule has 0 aliphatic heterocycles. The Morgan fingerprint density at radius 2 is 1.89 bits per heavy atom. The zero-order valence-electron chi connectivity index (χ0n) is 15.3. The van der Waals surface area contributed by atoms with Crippen LogP contribution in [0.5, 0.6) is 5.75 Å². The molecule has 0 aliphatic carbocycles. The Labute approximate surface area is 177 Å². The number of para-hydroxylation sites is 1. The zero-order valence-corrected chi connectivity index (χ0v) is 17.6. The highest BCUT2D eigenvalue weighted by Gasteiger charge is 2.13. The van der Waals surface area contributed by atoms with E-state index in [9.17, 15) is 4.79 Å². The van der Waals surface area contributed by atoms with Crippen LogP contribution in [0.2, 0.25) is 10.0 Å². The second-order valence-corrected chi connectivity index (χ2v) is 7.68. The maximum Gasteiger partial charge on any atom is 0.234 e. The number of aromatic nitrogens is 3. The Bertz CT molecular complexity index is 994. The third kappa shape index (κ3) is 4.98. The predicted molar refractivity (Wildman–Crippen MR) is 112 cm³/mol. The molecule has 146 valence electrons. The molecule has 0 saturated carbocycles. The first kappa shape index (κ1) is 20.5. The van der Waals surface area contributed by atoms with Crippen LogP contribution in [0.1, 0.15) is 11.4 Å². The Hall–Kier alpha value is -2.22. The van der Waals surface area contributed by atoms with Crippen molar-refractivity contribution in [1.82, 2.24) is 14.8 Å². The summed E-state index contributed by atoms with van der Waals surface area (Å²) in [5, 5.41) is 12.9. The number of amides is 1. The monoisotopic (exact) mass is 436 g/mol. The molecule has 28 heavy (non-hydrogen) atoms. The molecule has 6 nitrogen and oxygen atoms in total. The number of hydrogen-bond donors (Lipinski definition) is 1. The topological polar surface area (TPSA) is 69.0 Å². The lowest BCUT2D eigenvalue weighted by Gasteiger charge is -2.09. The average molecular weight is 437 g/mol. The zero-order chi connectivity index (χ0) is 20.1. The maximum absolute atomic E-state index is 12.2. The number of rotatable bonds is 7. The van der Waals surface area contributed by atoms with Crippen LogP contribution in [-0.4, -0.2) is 26.4 Å². The molecule has 3 aromatic rings. The van der Waals surface area contributed by atoms with E-state index in [1.165, 1.54) is 11.8 Å². The van der Waals surface area contributed by atoms with Crippen molar-refractivity contribution < 1.29 is 9.53 Å². The number of nitrogens with zero attached hydrogens (tertiary/aromatic N) is 3. The number of ether oxygens (including phenoxy) is 1. The highest BCUT2D eigenvalue weighted by Crippen LogP contribution is 2.25. The van der Waals surface area contributed by atoms with Crippen LogP contribution in [0.3, 0.4) is 0 Å². The Morgan fingerprint density at radius 3 is 2.68 bits per heavy atom. The lowest BCUT2D eigenvalue weighted by Crippen LogP contribution is -2.15. The number of carbonyl (C=O) groups excluding carboxylic acids is 1. The molecule has 0 fully saturated rings. The van der Waals surface area contributed by atoms with Crippen molar-refractivity contribution in [2.45, 2.75) is 18.7 Å². The van der Waals surface area contributed by atoms with Crippen LogP contribution in [0.25, 0.3) is 0 Å². The molecule has 0 atom stereocenters. The van der Waals surface area contributed by atoms with Crippen molar-refractivity contribution in [3.63, 3.8) is 0 Å². The van der Waals surface area contributed by atoms with E-state index in [2.05, 4.69) is 15.5 Å². The maximum atomic E-state index is 12.2. The summed E-state index contributed by atoms with van der Waals surface area (Å²) in [6.07, 6.45) is 0. The first-order valence-electron chi connectivity index (χ1n) is 8.39. The molecule has 1 N–H and O–H groups in total. The average Bonchev–Trinajstić information content (AvgIpc) is 3.03. The summed E-state index contributed by atoms with van der Waals surface area (Å²) in [6, 6.07) is 12.6. The van der Waals surface area contributed by atoms with E-state index in [4.69, 9.17) is 27.9 Å². The van der Waals surface area contributed by atoms with Gasteiger partial charge in [-0.15, -0.1) is 10.2 Å². The first-order valence-corrected chi connectivity index (χ1v) is 10.1. The van der Waals surface area contributed by atoms with Gasteiger partial charge in [0, 0.05) is 17.8 Å². The molecule has 0 saturated heterocycles. The van der Waals surface area contributed by atoms with E-state index in [1.54, 1.807) is 28.8 Å². The first-order chi connectivity index (χ1) is 13.5. The highest BCUT2D eigenvalue weighted by molar-refractivity contribution is 7.99. The minimum Gasteiger partial charge on any atom is -0.484 e. The fourth-order valence-corrected chi connectivity index (χ4v) is 3.45. The van der Waals surface area contributed by atoms with Crippen LogP contribution in [0.15, 0.2) is 47.6 Å². The fraction of sp³-hybridized carbons (Fsp3) is 0.211. The van der Waals surface area contributed by atoms with Crippen molar-refractivity contribution in [2.75, 3.05) is 11.1 Å². The summed E-state index contributed by atoms with van der Waals surface area (Å²) in [6.45, 7) is 2.08. The summed E-state index contributed by atoms with van der Waals surface area (Å²) >= 11 is 13.5. The van der Waals surface area contributed by atoms with E-state index in [1.807, 2.05) is 32.2 Å². The van der Waals surface area contributed by atoms with Crippen LogP contribution < -0.4 is 10.1 Å². The van der Waals surface area contributed by atoms with Crippen molar-refractivity contribution in [2.24, 2.45) is 7.05 Å². The SMILES string of the molecule is Cc1c(Cl)cccc1NC(=O)CSc1nnc(COc2ccccc2Cl)n1C. The molecule has 2 aromatic carbocycles. The lowest BCUT2D eigenvalue weighted by atomic mass is 10.2. The van der Waals surface area contributed by atoms with Gasteiger partial charge in [-0.3, -0.25) is 4.79 Å². The molecule has 9 heteroatoms. The van der Waals surface area contributed by atoms with Crippen molar-refractivity contribution >= 4 is 46.6 Å². The van der Waals surface area contributed by atoms with Crippen LogP contribution >= 0.6 is 35.0 Å². The molecule has 1 heterocycles. The van der Waals surface area contributed by atoms with Crippen LogP contribution in [0.4, 0.5) is 5.69 Å². The minimum atomic E-state index is -0.146. The number of thioether (sulfide) groups is 1. The van der Waals surface area contributed by atoms with E-state index in [0.29, 0.717) is 32.5 Å². The number of anilines is 1. The minimum absolute atomic E-state index is 0.146. The van der Waals surface area contributed by atoms with E-state index >= 15 is 0 Å². The Kier molecular flexibility index (Phi) is 6.83. The molecule has 0 bridgehead atoms. The summed E-state index contributed by atoms with van der Waals surface area (Å²) in [4.78, 5) is 12.2. The molecule has 0 aliphatic rings. The molecule has 1 aromatic heterocycles. The number of hydrogen-bond acceptors (Lipinski definition) is 5. The van der Waals surface area contributed by atoms with Crippen molar-refractivity contribution in [1.29, 1.82) is 0 Å². The van der Waals surface area contributed by atoms with Gasteiger partial charge in [-0.25, -0.2) is 0 Å². The third-order valence-corrected chi connectivity index (χ3v) is 5.73. The lowest BCUT2D eigenvalue weighted by molar-refractivity contribution is -0.113. The normalized spacial score (nSPS) is 10.7. The molecule has 0 unspecified atom stereocenters. The van der Waals surface area contributed by atoms with Gasteiger partial charge in [-0.1, -0.05) is 53.2 Å². The summed E-state index contributed by atoms with van der Waals surface area (Å²) in [5.41, 5.74) is 1.53. The van der Waals surface area contributed by atoms with Gasteiger partial charge in [0.25, 0.3) is 0 Å². The van der Waals surface area contributed by atoms with Gasteiger partial charge in [-0.2, -0.15) is 0 Å². The smallest absolute Gasteiger partial charge is 0.234 e. The van der Waals surface area contributed by atoms with Crippen molar-refractivity contribution in [3.8, 4) is 5.75 Å². The van der Waals surface area contributed by atoms with Gasteiger partial charge < -0.3 is 14.6 Å². The van der Waals surface area contributed by atoms with Gasteiger partial charge in [0.15, 0.2) is 11.0 Å². The Balaban J connectivity index is 1.56. The number of halogens is 2. The molecule has 0 spiro atoms. The third-order valence-electron chi connectivity index (χ3n) is 3.99. The van der Waals surface area contributed by atoms with Crippen LogP contribution in [-0.2, 0) is 18.4 Å². The summed E-state index contributed by atoms with van der Waals surface area (Å²) in [7, 11) is 1.83. The fourth-order valence-electron chi connectivity index (χ4n) is 2.36. The van der Waals surface area contributed by atoms with Gasteiger partial charge in [0.1, 0.15) is 12.4 Å².